The second kappa shape index (κ2) is 8.01. The molecule has 0 aliphatic heterocycles. The average Bonchev–Trinajstić information content (AvgIpc) is 2.35. The Balaban J connectivity index is 2.69. The van der Waals surface area contributed by atoms with Crippen LogP contribution in [0.4, 0.5) is 0 Å². The van der Waals surface area contributed by atoms with Crippen molar-refractivity contribution in [1.29, 1.82) is 0 Å². The lowest BCUT2D eigenvalue weighted by Crippen LogP contribution is -2.14. The molecule has 1 unspecified atom stereocenters. The van der Waals surface area contributed by atoms with Crippen molar-refractivity contribution in [1.82, 2.24) is 5.32 Å². The predicted octanol–water partition coefficient (Wildman–Crippen LogP) is 3.86. The van der Waals surface area contributed by atoms with Gasteiger partial charge >= 0.3 is 0 Å². The summed E-state index contributed by atoms with van der Waals surface area (Å²) in [7, 11) is 1.96. The summed E-state index contributed by atoms with van der Waals surface area (Å²) in [6.07, 6.45) is 0. The topological polar surface area (TPSA) is 21.3 Å². The van der Waals surface area contributed by atoms with E-state index in [4.69, 9.17) is 4.74 Å². The van der Waals surface area contributed by atoms with Crippen molar-refractivity contribution >= 4 is 27.7 Å². The van der Waals surface area contributed by atoms with Crippen LogP contribution in [0.25, 0.3) is 0 Å². The molecule has 4 heteroatoms. The molecule has 0 aromatic heterocycles. The maximum Gasteiger partial charge on any atom is 0.124 e. The van der Waals surface area contributed by atoms with E-state index in [1.807, 2.05) is 30.9 Å². The number of halogens is 1. The maximum atomic E-state index is 5.84. The van der Waals surface area contributed by atoms with E-state index < -0.39 is 0 Å². The molecule has 0 aliphatic rings. The first-order valence-electron chi connectivity index (χ1n) is 5.86. The van der Waals surface area contributed by atoms with Crippen molar-refractivity contribution in [3.63, 3.8) is 0 Å². The Labute approximate surface area is 117 Å². The SMILES string of the molecule is CCSCCOc1ccc(Br)cc1C(C)NC. The number of rotatable bonds is 7. The first-order valence-corrected chi connectivity index (χ1v) is 7.81. The molecule has 0 radical (unpaired) electrons. The summed E-state index contributed by atoms with van der Waals surface area (Å²) >= 11 is 5.40. The number of nitrogens with one attached hydrogen (secondary N) is 1. The van der Waals surface area contributed by atoms with E-state index >= 15 is 0 Å². The molecule has 0 heterocycles. The molecule has 1 aromatic rings. The van der Waals surface area contributed by atoms with Gasteiger partial charge in [-0.3, -0.25) is 0 Å². The normalized spacial score (nSPS) is 12.5. The molecule has 96 valence electrons. The Kier molecular flexibility index (Phi) is 7.00. The highest BCUT2D eigenvalue weighted by Crippen LogP contribution is 2.28. The van der Waals surface area contributed by atoms with Gasteiger partial charge in [0.25, 0.3) is 0 Å². The zero-order valence-corrected chi connectivity index (χ0v) is 13.0. The number of benzene rings is 1. The summed E-state index contributed by atoms with van der Waals surface area (Å²) in [5, 5.41) is 3.24. The van der Waals surface area contributed by atoms with E-state index in [0.717, 1.165) is 28.3 Å². The van der Waals surface area contributed by atoms with E-state index in [9.17, 15) is 0 Å². The minimum atomic E-state index is 0.293. The molecular weight excluding hydrogens is 298 g/mol. The van der Waals surface area contributed by atoms with Crippen LogP contribution in [0, 0.1) is 0 Å². The van der Waals surface area contributed by atoms with Gasteiger partial charge in [0.2, 0.25) is 0 Å². The monoisotopic (exact) mass is 317 g/mol. The van der Waals surface area contributed by atoms with Crippen LogP contribution in [0.15, 0.2) is 22.7 Å². The zero-order valence-electron chi connectivity index (χ0n) is 10.6. The Morgan fingerprint density at radius 3 is 2.88 bits per heavy atom. The Morgan fingerprint density at radius 2 is 2.24 bits per heavy atom. The average molecular weight is 318 g/mol. The van der Waals surface area contributed by atoms with Crippen molar-refractivity contribution < 1.29 is 4.74 Å². The fraction of sp³-hybridized carbons (Fsp3) is 0.538. The van der Waals surface area contributed by atoms with Gasteiger partial charge in [0.15, 0.2) is 0 Å². The first kappa shape index (κ1) is 14.9. The van der Waals surface area contributed by atoms with Crippen molar-refractivity contribution in [3.05, 3.63) is 28.2 Å². The van der Waals surface area contributed by atoms with Crippen LogP contribution in [0.3, 0.4) is 0 Å². The summed E-state index contributed by atoms with van der Waals surface area (Å²) < 4.78 is 6.92. The molecule has 17 heavy (non-hydrogen) atoms. The number of thioether (sulfide) groups is 1. The summed E-state index contributed by atoms with van der Waals surface area (Å²) in [5.41, 5.74) is 1.20. The molecule has 1 N–H and O–H groups in total. The van der Waals surface area contributed by atoms with Crippen LogP contribution in [-0.4, -0.2) is 25.2 Å². The lowest BCUT2D eigenvalue weighted by molar-refractivity contribution is 0.336. The van der Waals surface area contributed by atoms with Crippen LogP contribution < -0.4 is 10.1 Å². The van der Waals surface area contributed by atoms with Gasteiger partial charge in [-0.15, -0.1) is 0 Å². The fourth-order valence-electron chi connectivity index (χ4n) is 1.50. The molecule has 0 saturated heterocycles. The highest BCUT2D eigenvalue weighted by Gasteiger charge is 2.10. The van der Waals surface area contributed by atoms with Crippen molar-refractivity contribution in [2.45, 2.75) is 19.9 Å². The van der Waals surface area contributed by atoms with Gasteiger partial charge in [0, 0.05) is 21.8 Å². The third-order valence-corrected chi connectivity index (χ3v) is 3.92. The molecule has 1 atom stereocenters. The summed E-state index contributed by atoms with van der Waals surface area (Å²) in [4.78, 5) is 0. The van der Waals surface area contributed by atoms with Gasteiger partial charge in [-0.25, -0.2) is 0 Å². The van der Waals surface area contributed by atoms with E-state index in [0.29, 0.717) is 6.04 Å². The van der Waals surface area contributed by atoms with Crippen LogP contribution in [-0.2, 0) is 0 Å². The largest absolute Gasteiger partial charge is 0.492 e. The van der Waals surface area contributed by atoms with Crippen LogP contribution in [0.2, 0.25) is 0 Å². The zero-order chi connectivity index (χ0) is 12.7. The quantitative estimate of drug-likeness (QED) is 0.771. The number of hydrogen-bond donors (Lipinski definition) is 1. The van der Waals surface area contributed by atoms with Crippen LogP contribution in [0.1, 0.15) is 25.5 Å². The minimum absolute atomic E-state index is 0.293. The molecule has 0 saturated carbocycles. The van der Waals surface area contributed by atoms with Crippen molar-refractivity contribution in [2.24, 2.45) is 0 Å². The third-order valence-electron chi connectivity index (χ3n) is 2.56. The molecule has 2 nitrogen and oxygen atoms in total. The summed E-state index contributed by atoms with van der Waals surface area (Å²) in [6.45, 7) is 5.07. The van der Waals surface area contributed by atoms with Crippen LogP contribution >= 0.6 is 27.7 Å². The molecule has 1 rings (SSSR count). The lowest BCUT2D eigenvalue weighted by atomic mass is 10.1. The highest BCUT2D eigenvalue weighted by molar-refractivity contribution is 9.10. The number of ether oxygens (including phenoxy) is 1. The second-order valence-corrected chi connectivity index (χ2v) is 6.05. The van der Waals surface area contributed by atoms with E-state index in [1.54, 1.807) is 0 Å². The van der Waals surface area contributed by atoms with E-state index in [1.165, 1.54) is 5.56 Å². The maximum absolute atomic E-state index is 5.84. The summed E-state index contributed by atoms with van der Waals surface area (Å²) in [5.74, 6) is 3.16. The Hall–Kier alpha value is -0.190. The number of hydrogen-bond acceptors (Lipinski definition) is 3. The Bertz CT molecular complexity index is 346. The first-order chi connectivity index (χ1) is 8.19. The minimum Gasteiger partial charge on any atom is -0.492 e. The van der Waals surface area contributed by atoms with Crippen LogP contribution in [0.5, 0.6) is 5.75 Å². The summed E-state index contributed by atoms with van der Waals surface area (Å²) in [6, 6.07) is 6.46. The van der Waals surface area contributed by atoms with Gasteiger partial charge in [0.05, 0.1) is 6.61 Å². The van der Waals surface area contributed by atoms with E-state index in [2.05, 4.69) is 41.2 Å². The predicted molar refractivity (Wildman–Crippen MR) is 80.1 cm³/mol. The smallest absolute Gasteiger partial charge is 0.124 e. The third kappa shape index (κ3) is 4.90. The molecule has 0 amide bonds. The van der Waals surface area contributed by atoms with Gasteiger partial charge in [-0.1, -0.05) is 22.9 Å². The molecule has 0 spiro atoms. The highest BCUT2D eigenvalue weighted by atomic mass is 79.9. The molecule has 0 aliphatic carbocycles. The standard InChI is InChI=1S/C13H20BrNOS/c1-4-17-8-7-16-13-6-5-11(14)9-12(13)10(2)15-3/h5-6,9-10,15H,4,7-8H2,1-3H3. The molecular formula is C13H20BrNOS. The van der Waals surface area contributed by atoms with Gasteiger partial charge in [-0.2, -0.15) is 11.8 Å². The van der Waals surface area contributed by atoms with Gasteiger partial charge in [-0.05, 0) is 37.9 Å². The van der Waals surface area contributed by atoms with E-state index in [-0.39, 0.29) is 0 Å². The van der Waals surface area contributed by atoms with Crippen molar-refractivity contribution in [2.75, 3.05) is 25.2 Å². The molecule has 1 aromatic carbocycles. The van der Waals surface area contributed by atoms with Crippen molar-refractivity contribution in [3.8, 4) is 5.75 Å². The van der Waals surface area contributed by atoms with Gasteiger partial charge in [0.1, 0.15) is 5.75 Å². The second-order valence-electron chi connectivity index (χ2n) is 3.74. The van der Waals surface area contributed by atoms with Gasteiger partial charge < -0.3 is 10.1 Å². The fourth-order valence-corrected chi connectivity index (χ4v) is 2.37. The lowest BCUT2D eigenvalue weighted by Gasteiger charge is -2.17. The molecule has 0 fully saturated rings. The molecule has 0 bridgehead atoms. The Morgan fingerprint density at radius 1 is 1.47 bits per heavy atom.